The zero-order valence-electron chi connectivity index (χ0n) is 10.6. The summed E-state index contributed by atoms with van der Waals surface area (Å²) in [4.78, 5) is 13.9. The van der Waals surface area contributed by atoms with Gasteiger partial charge in [0.25, 0.3) is 0 Å². The van der Waals surface area contributed by atoms with Crippen molar-refractivity contribution in [3.63, 3.8) is 0 Å². The number of hydrogen-bond donors (Lipinski definition) is 1. The van der Waals surface area contributed by atoms with Gasteiger partial charge in [-0.1, -0.05) is 19.9 Å². The van der Waals surface area contributed by atoms with E-state index < -0.39 is 0 Å². The fraction of sp³-hybridized carbons (Fsp3) is 0.750. The predicted octanol–water partition coefficient (Wildman–Crippen LogP) is 0.878. The van der Waals surface area contributed by atoms with E-state index in [0.29, 0.717) is 26.2 Å². The average Bonchev–Trinajstić information content (AvgIpc) is 2.24. The molecule has 0 aromatic carbocycles. The molecule has 0 aromatic heterocycles. The van der Waals surface area contributed by atoms with Gasteiger partial charge in [0, 0.05) is 26.7 Å². The minimum absolute atomic E-state index is 0.0921. The minimum Gasteiger partial charge on any atom is -0.383 e. The van der Waals surface area contributed by atoms with E-state index in [1.54, 1.807) is 18.1 Å². The molecule has 2 N–H and O–H groups in total. The largest absolute Gasteiger partial charge is 0.383 e. The van der Waals surface area contributed by atoms with Crippen LogP contribution in [0, 0.1) is 11.8 Å². The zero-order valence-corrected chi connectivity index (χ0v) is 10.6. The lowest BCUT2D eigenvalue weighted by atomic mass is 9.94. The average molecular weight is 228 g/mol. The summed E-state index contributed by atoms with van der Waals surface area (Å²) in [5.41, 5.74) is 5.63. The van der Waals surface area contributed by atoms with Crippen LogP contribution in [0.4, 0.5) is 0 Å². The monoisotopic (exact) mass is 228 g/mol. The number of amides is 1. The van der Waals surface area contributed by atoms with Crippen LogP contribution in [0.5, 0.6) is 0 Å². The van der Waals surface area contributed by atoms with Crippen molar-refractivity contribution in [1.29, 1.82) is 0 Å². The van der Waals surface area contributed by atoms with Gasteiger partial charge in [-0.15, -0.1) is 6.58 Å². The summed E-state index contributed by atoms with van der Waals surface area (Å²) in [5.74, 6) is 0.235. The maximum atomic E-state index is 12.2. The molecule has 0 rings (SSSR count). The predicted molar refractivity (Wildman–Crippen MR) is 66.0 cm³/mol. The zero-order chi connectivity index (χ0) is 12.6. The molecule has 0 fully saturated rings. The summed E-state index contributed by atoms with van der Waals surface area (Å²) in [6.07, 6.45) is 1.72. The maximum Gasteiger partial charge on any atom is 0.227 e. The van der Waals surface area contributed by atoms with Crippen molar-refractivity contribution in [3.8, 4) is 0 Å². The van der Waals surface area contributed by atoms with Gasteiger partial charge < -0.3 is 15.4 Å². The summed E-state index contributed by atoms with van der Waals surface area (Å²) in [6.45, 7) is 9.74. The summed E-state index contributed by atoms with van der Waals surface area (Å²) in [6, 6.07) is 0. The molecule has 16 heavy (non-hydrogen) atoms. The first-order valence-electron chi connectivity index (χ1n) is 5.67. The summed E-state index contributed by atoms with van der Waals surface area (Å²) in [7, 11) is 1.62. The number of methoxy groups -OCH3 is 1. The lowest BCUT2D eigenvalue weighted by Gasteiger charge is -2.27. The Hall–Kier alpha value is -0.870. The van der Waals surface area contributed by atoms with Crippen LogP contribution in [0.1, 0.15) is 13.8 Å². The first-order chi connectivity index (χ1) is 7.58. The second-order valence-electron chi connectivity index (χ2n) is 4.15. The minimum atomic E-state index is -0.114. The van der Waals surface area contributed by atoms with Crippen molar-refractivity contribution >= 4 is 5.91 Å². The Bertz CT molecular complexity index is 217. The second kappa shape index (κ2) is 8.30. The molecular weight excluding hydrogens is 204 g/mol. The third-order valence-corrected chi connectivity index (χ3v) is 2.60. The van der Waals surface area contributed by atoms with Crippen molar-refractivity contribution in [3.05, 3.63) is 12.7 Å². The Morgan fingerprint density at radius 3 is 2.56 bits per heavy atom. The quantitative estimate of drug-likeness (QED) is 0.627. The van der Waals surface area contributed by atoms with Crippen LogP contribution in [0.15, 0.2) is 12.7 Å². The van der Waals surface area contributed by atoms with Crippen LogP contribution >= 0.6 is 0 Å². The van der Waals surface area contributed by atoms with Crippen LogP contribution in [0.3, 0.4) is 0 Å². The van der Waals surface area contributed by atoms with E-state index >= 15 is 0 Å². The van der Waals surface area contributed by atoms with E-state index in [9.17, 15) is 4.79 Å². The van der Waals surface area contributed by atoms with E-state index in [4.69, 9.17) is 10.5 Å². The highest BCUT2D eigenvalue weighted by molar-refractivity contribution is 5.79. The summed E-state index contributed by atoms with van der Waals surface area (Å²) in [5, 5.41) is 0. The van der Waals surface area contributed by atoms with Gasteiger partial charge in [-0.25, -0.2) is 0 Å². The van der Waals surface area contributed by atoms with Gasteiger partial charge in [0.05, 0.1) is 12.5 Å². The lowest BCUT2D eigenvalue weighted by molar-refractivity contribution is -0.136. The number of nitrogens with zero attached hydrogens (tertiary/aromatic N) is 1. The van der Waals surface area contributed by atoms with Gasteiger partial charge in [0.15, 0.2) is 0 Å². The van der Waals surface area contributed by atoms with Crippen LogP contribution in [-0.2, 0) is 9.53 Å². The molecule has 4 nitrogen and oxygen atoms in total. The Kier molecular flexibility index (Phi) is 7.85. The van der Waals surface area contributed by atoms with E-state index in [0.717, 1.165) is 0 Å². The van der Waals surface area contributed by atoms with Crippen LogP contribution in [-0.4, -0.2) is 44.2 Å². The molecule has 1 unspecified atom stereocenters. The maximum absolute atomic E-state index is 12.2. The van der Waals surface area contributed by atoms with Gasteiger partial charge in [0.1, 0.15) is 0 Å². The Labute approximate surface area is 98.4 Å². The fourth-order valence-electron chi connectivity index (χ4n) is 1.54. The van der Waals surface area contributed by atoms with Crippen LogP contribution in [0.2, 0.25) is 0 Å². The molecule has 94 valence electrons. The lowest BCUT2D eigenvalue weighted by Crippen LogP contribution is -2.42. The number of carbonyl (C=O) groups excluding carboxylic acids is 1. The molecule has 0 spiro atoms. The number of ether oxygens (including phenoxy) is 1. The summed E-state index contributed by atoms with van der Waals surface area (Å²) >= 11 is 0. The van der Waals surface area contributed by atoms with Crippen LogP contribution < -0.4 is 5.73 Å². The molecule has 1 atom stereocenters. The van der Waals surface area contributed by atoms with Crippen molar-refractivity contribution in [2.75, 3.05) is 33.4 Å². The highest BCUT2D eigenvalue weighted by atomic mass is 16.5. The Morgan fingerprint density at radius 1 is 1.56 bits per heavy atom. The molecule has 0 saturated carbocycles. The molecule has 0 heterocycles. The van der Waals surface area contributed by atoms with Gasteiger partial charge in [-0.3, -0.25) is 4.79 Å². The molecule has 0 saturated heterocycles. The highest BCUT2D eigenvalue weighted by Crippen LogP contribution is 2.13. The van der Waals surface area contributed by atoms with Gasteiger partial charge in [-0.05, 0) is 5.92 Å². The van der Waals surface area contributed by atoms with Crippen molar-refractivity contribution in [2.24, 2.45) is 17.6 Å². The van der Waals surface area contributed by atoms with Gasteiger partial charge in [-0.2, -0.15) is 0 Å². The molecule has 0 aromatic rings. The van der Waals surface area contributed by atoms with Crippen LogP contribution in [0.25, 0.3) is 0 Å². The highest BCUT2D eigenvalue weighted by Gasteiger charge is 2.24. The molecule has 0 aliphatic heterocycles. The first kappa shape index (κ1) is 15.1. The first-order valence-corrected chi connectivity index (χ1v) is 5.67. The number of nitrogens with two attached hydrogens (primary N) is 1. The Balaban J connectivity index is 4.49. The molecule has 4 heteroatoms. The van der Waals surface area contributed by atoms with Crippen molar-refractivity contribution in [2.45, 2.75) is 13.8 Å². The SMILES string of the molecule is C=CCN(CCOC)C(=O)C(CN)C(C)C. The van der Waals surface area contributed by atoms with E-state index in [1.165, 1.54) is 0 Å². The van der Waals surface area contributed by atoms with Gasteiger partial charge >= 0.3 is 0 Å². The number of carbonyl (C=O) groups is 1. The number of hydrogen-bond acceptors (Lipinski definition) is 3. The van der Waals surface area contributed by atoms with Crippen molar-refractivity contribution in [1.82, 2.24) is 4.90 Å². The van der Waals surface area contributed by atoms with Gasteiger partial charge in [0.2, 0.25) is 5.91 Å². The molecular formula is C12H24N2O2. The third-order valence-electron chi connectivity index (χ3n) is 2.60. The van der Waals surface area contributed by atoms with E-state index in [1.807, 2.05) is 13.8 Å². The number of rotatable bonds is 8. The van der Waals surface area contributed by atoms with E-state index in [-0.39, 0.29) is 17.7 Å². The van der Waals surface area contributed by atoms with Crippen molar-refractivity contribution < 1.29 is 9.53 Å². The summed E-state index contributed by atoms with van der Waals surface area (Å²) < 4.78 is 4.98. The molecule has 0 bridgehead atoms. The van der Waals surface area contributed by atoms with E-state index in [2.05, 4.69) is 6.58 Å². The normalized spacial score (nSPS) is 12.6. The fourth-order valence-corrected chi connectivity index (χ4v) is 1.54. The molecule has 0 aliphatic rings. The second-order valence-corrected chi connectivity index (χ2v) is 4.15. The molecule has 1 amide bonds. The topological polar surface area (TPSA) is 55.6 Å². The smallest absolute Gasteiger partial charge is 0.227 e. The Morgan fingerprint density at radius 2 is 2.19 bits per heavy atom. The third kappa shape index (κ3) is 4.77. The molecule has 0 radical (unpaired) electrons. The standard InChI is InChI=1S/C12H24N2O2/c1-5-6-14(7-8-16-4)12(15)11(9-13)10(2)3/h5,10-11H,1,6-9,13H2,2-4H3. The molecule has 0 aliphatic carbocycles.